The first-order valence-electron chi connectivity index (χ1n) is 16.1. The van der Waals surface area contributed by atoms with Crippen molar-refractivity contribution >= 4 is 51.2 Å². The first-order valence-corrected chi connectivity index (χ1v) is 17.1. The van der Waals surface area contributed by atoms with Crippen LogP contribution < -0.4 is 9.64 Å². The summed E-state index contributed by atoms with van der Waals surface area (Å²) in [4.78, 5) is 35.4. The van der Waals surface area contributed by atoms with Crippen LogP contribution in [-0.4, -0.2) is 78.2 Å². The summed E-state index contributed by atoms with van der Waals surface area (Å²) < 4.78 is 13.2. The van der Waals surface area contributed by atoms with Crippen LogP contribution in [0.2, 0.25) is 0 Å². The molecule has 0 spiro atoms. The van der Waals surface area contributed by atoms with Gasteiger partial charge in [0.1, 0.15) is 34.0 Å². The number of fused-ring (bicyclic) bond motifs is 3. The number of aromatic nitrogens is 7. The van der Waals surface area contributed by atoms with Crippen LogP contribution in [0.15, 0.2) is 76.7 Å². The van der Waals surface area contributed by atoms with Crippen LogP contribution >= 0.6 is 11.8 Å². The average molecular weight is 662 g/mol. The summed E-state index contributed by atoms with van der Waals surface area (Å²) in [6, 6.07) is 16.3. The Hall–Kier alpha value is -5.04. The predicted octanol–water partition coefficient (Wildman–Crippen LogP) is 5.93. The van der Waals surface area contributed by atoms with Gasteiger partial charge < -0.3 is 19.0 Å². The number of methoxy groups -OCH3 is 1. The zero-order valence-corrected chi connectivity index (χ0v) is 27.8. The summed E-state index contributed by atoms with van der Waals surface area (Å²) in [7, 11) is 3.51. The highest BCUT2D eigenvalue weighted by Gasteiger charge is 2.45. The van der Waals surface area contributed by atoms with E-state index in [4.69, 9.17) is 9.15 Å². The van der Waals surface area contributed by atoms with E-state index in [0.717, 1.165) is 57.8 Å². The molecule has 4 aromatic heterocycles. The van der Waals surface area contributed by atoms with Gasteiger partial charge in [0, 0.05) is 36.4 Å². The van der Waals surface area contributed by atoms with Gasteiger partial charge in [0.05, 0.1) is 31.6 Å². The van der Waals surface area contributed by atoms with E-state index in [-0.39, 0.29) is 17.7 Å². The fourth-order valence-electron chi connectivity index (χ4n) is 6.86. The van der Waals surface area contributed by atoms with Crippen LogP contribution in [0.5, 0.6) is 6.01 Å². The Morgan fingerprint density at radius 3 is 2.83 bits per heavy atom. The fraction of sp³-hybridized carbons (Fsp3) is 0.343. The van der Waals surface area contributed by atoms with Gasteiger partial charge in [-0.3, -0.25) is 4.79 Å². The van der Waals surface area contributed by atoms with Crippen molar-refractivity contribution in [1.29, 1.82) is 0 Å². The summed E-state index contributed by atoms with van der Waals surface area (Å²) >= 11 is 1.41. The van der Waals surface area contributed by atoms with E-state index < -0.39 is 0 Å². The zero-order valence-electron chi connectivity index (χ0n) is 27.0. The molecule has 2 unspecified atom stereocenters. The van der Waals surface area contributed by atoms with Gasteiger partial charge in [-0.25, -0.2) is 19.6 Å². The van der Waals surface area contributed by atoms with Gasteiger partial charge in [0.15, 0.2) is 5.58 Å². The quantitative estimate of drug-likeness (QED) is 0.128. The molecule has 1 saturated heterocycles. The predicted molar refractivity (Wildman–Crippen MR) is 183 cm³/mol. The second-order valence-electron chi connectivity index (χ2n) is 12.5. The molecule has 8 rings (SSSR count). The maximum Gasteiger partial charge on any atom is 0.318 e. The number of ether oxygens (including phenoxy) is 1. The summed E-state index contributed by atoms with van der Waals surface area (Å²) in [6.07, 6.45) is 8.68. The molecule has 244 valence electrons. The minimum Gasteiger partial charge on any atom is -0.467 e. The van der Waals surface area contributed by atoms with Crippen molar-refractivity contribution in [3.05, 3.63) is 72.8 Å². The van der Waals surface area contributed by atoms with Crippen molar-refractivity contribution in [3.63, 3.8) is 0 Å². The number of furan rings is 1. The lowest BCUT2D eigenvalue weighted by Crippen LogP contribution is -2.42. The van der Waals surface area contributed by atoms with Gasteiger partial charge >= 0.3 is 6.01 Å². The van der Waals surface area contributed by atoms with Crippen LogP contribution in [0, 0.1) is 18.8 Å². The summed E-state index contributed by atoms with van der Waals surface area (Å²) in [5.41, 5.74) is 5.98. The minimum absolute atomic E-state index is 0.0584. The highest BCUT2D eigenvalue weighted by atomic mass is 32.2. The Labute approximate surface area is 281 Å². The van der Waals surface area contributed by atoms with Crippen LogP contribution in [0.3, 0.4) is 0 Å². The van der Waals surface area contributed by atoms with Gasteiger partial charge in [0.2, 0.25) is 5.91 Å². The zero-order chi connectivity index (χ0) is 32.8. The third kappa shape index (κ3) is 5.72. The molecule has 1 aliphatic carbocycles. The number of hydrogen-bond donors (Lipinski definition) is 0. The molecular weight excluding hydrogens is 627 g/mol. The van der Waals surface area contributed by atoms with Crippen LogP contribution in [-0.2, 0) is 11.3 Å². The molecule has 0 radical (unpaired) electrons. The maximum atomic E-state index is 13.8. The van der Waals surface area contributed by atoms with E-state index in [9.17, 15) is 4.79 Å². The molecule has 48 heavy (non-hydrogen) atoms. The van der Waals surface area contributed by atoms with Gasteiger partial charge in [-0.15, -0.1) is 5.10 Å². The van der Waals surface area contributed by atoms with Crippen molar-refractivity contribution in [2.24, 2.45) is 11.8 Å². The lowest BCUT2D eigenvalue weighted by atomic mass is 9.95. The number of benzene rings is 2. The molecule has 0 bridgehead atoms. The van der Waals surface area contributed by atoms with Crippen molar-refractivity contribution in [1.82, 2.24) is 39.8 Å². The van der Waals surface area contributed by atoms with E-state index in [1.165, 1.54) is 24.6 Å². The molecule has 1 saturated carbocycles. The van der Waals surface area contributed by atoms with Crippen molar-refractivity contribution in [2.45, 2.75) is 43.8 Å². The number of carbonyl (C=O) groups is 1. The molecule has 13 heteroatoms. The van der Waals surface area contributed by atoms with Crippen molar-refractivity contribution in [2.75, 3.05) is 31.4 Å². The Bertz CT molecular complexity index is 2130. The number of nitrogens with zero attached hydrogens (tertiary/aromatic N) is 9. The average Bonchev–Trinajstić information content (AvgIpc) is 3.52. The van der Waals surface area contributed by atoms with Crippen molar-refractivity contribution < 1.29 is 13.9 Å². The molecule has 2 aliphatic rings. The number of rotatable bonds is 10. The molecule has 2 fully saturated rings. The lowest BCUT2D eigenvalue weighted by molar-refractivity contribution is -0.129. The molecular formula is C35H35N9O3S. The number of para-hydroxylation sites is 1. The number of hydrogen-bond acceptors (Lipinski definition) is 11. The Balaban J connectivity index is 0.998. The number of anilines is 2. The number of thioether (sulfide) groups is 1. The first kappa shape index (κ1) is 30.3. The molecule has 6 aromatic rings. The van der Waals surface area contributed by atoms with Crippen LogP contribution in [0.4, 0.5) is 11.5 Å². The molecule has 1 aliphatic heterocycles. The summed E-state index contributed by atoms with van der Waals surface area (Å²) in [6.45, 7) is 3.42. The summed E-state index contributed by atoms with van der Waals surface area (Å²) in [5.74, 6) is 2.21. The first-order chi connectivity index (χ1) is 23.5. The largest absolute Gasteiger partial charge is 0.467 e. The Kier molecular flexibility index (Phi) is 7.91. The van der Waals surface area contributed by atoms with Gasteiger partial charge in [-0.05, 0) is 73.9 Å². The Morgan fingerprint density at radius 2 is 1.98 bits per heavy atom. The molecule has 5 heterocycles. The van der Waals surface area contributed by atoms with E-state index in [1.54, 1.807) is 19.6 Å². The van der Waals surface area contributed by atoms with Crippen LogP contribution in [0.25, 0.3) is 33.3 Å². The minimum atomic E-state index is 0.0584. The molecule has 2 aromatic carbocycles. The SMILES string of the molecule is COc1nccc(N(C)c2ccc(C)c(-c3cn(CC4C(C5CC5)CCN4C(=O)CSc4ncnc5c4oc4ccccc45)nn3)c2)n1. The second kappa shape index (κ2) is 12.5. The summed E-state index contributed by atoms with van der Waals surface area (Å²) in [5, 5.41) is 10.8. The van der Waals surface area contributed by atoms with E-state index >= 15 is 0 Å². The van der Waals surface area contributed by atoms with Crippen LogP contribution in [0.1, 0.15) is 24.8 Å². The number of likely N-dealkylation sites (tertiary alicyclic amines) is 1. The van der Waals surface area contributed by atoms with E-state index in [1.807, 2.05) is 53.2 Å². The van der Waals surface area contributed by atoms with E-state index in [0.29, 0.717) is 35.0 Å². The standard InChI is InChI=1S/C35H35N9O3S/c1-21-8-11-23(42(2)30-12-14-36-35(39-30)46-3)16-26(21)27-17-43(41-40-27)18-28-24(22-9-10-22)13-15-44(28)31(45)19-48-34-33-32(37-20-38-34)25-6-4-5-7-29(25)47-33/h4-8,11-12,14,16-17,20,22,24,28H,9-10,13,15,18-19H2,1-3H3. The molecule has 1 amide bonds. The molecule has 0 N–H and O–H groups in total. The monoisotopic (exact) mass is 661 g/mol. The normalized spacial score (nSPS) is 17.8. The number of amides is 1. The second-order valence-corrected chi connectivity index (χ2v) is 13.4. The maximum absolute atomic E-state index is 13.8. The highest BCUT2D eigenvalue weighted by Crippen LogP contribution is 2.45. The fourth-order valence-corrected chi connectivity index (χ4v) is 7.68. The van der Waals surface area contributed by atoms with Gasteiger partial charge in [0.25, 0.3) is 0 Å². The third-order valence-corrected chi connectivity index (χ3v) is 10.5. The number of carbonyl (C=O) groups excluding carboxylic acids is 1. The highest BCUT2D eigenvalue weighted by molar-refractivity contribution is 8.00. The lowest BCUT2D eigenvalue weighted by Gasteiger charge is -2.28. The van der Waals surface area contributed by atoms with Gasteiger partial charge in [-0.1, -0.05) is 35.2 Å². The number of aryl methyl sites for hydroxylation is 1. The molecule has 12 nitrogen and oxygen atoms in total. The van der Waals surface area contributed by atoms with E-state index in [2.05, 4.69) is 60.3 Å². The van der Waals surface area contributed by atoms with Crippen molar-refractivity contribution in [3.8, 4) is 17.3 Å². The molecule has 2 atom stereocenters. The third-order valence-electron chi connectivity index (χ3n) is 9.55. The topological polar surface area (TPSA) is 128 Å². The smallest absolute Gasteiger partial charge is 0.318 e. The van der Waals surface area contributed by atoms with Gasteiger partial charge in [-0.2, -0.15) is 4.98 Å². The Morgan fingerprint density at radius 1 is 1.10 bits per heavy atom.